The Morgan fingerprint density at radius 3 is 2.07 bits per heavy atom. The van der Waals surface area contributed by atoms with Crippen LogP contribution in [0.15, 0.2) is 55.1 Å². The fourth-order valence-corrected chi connectivity index (χ4v) is 2.72. The second kappa shape index (κ2) is 10.4. The van der Waals surface area contributed by atoms with Crippen LogP contribution in [0.2, 0.25) is 0 Å². The molecule has 0 aliphatic carbocycles. The second-order valence-electron chi connectivity index (χ2n) is 6.55. The summed E-state index contributed by atoms with van der Waals surface area (Å²) in [5, 5.41) is 26.9. The largest absolute Gasteiger partial charge is 0.391 e. The van der Waals surface area contributed by atoms with Gasteiger partial charge in [0.2, 0.25) is 5.91 Å². The smallest absolute Gasteiger partial charge is 0.268 e. The first-order chi connectivity index (χ1) is 13.8. The van der Waals surface area contributed by atoms with Crippen molar-refractivity contribution >= 4 is 23.2 Å². The Labute approximate surface area is 169 Å². The Balaban J connectivity index is 2.06. The zero-order valence-electron chi connectivity index (χ0n) is 16.4. The van der Waals surface area contributed by atoms with Crippen molar-refractivity contribution in [2.75, 3.05) is 18.9 Å². The van der Waals surface area contributed by atoms with E-state index in [1.807, 2.05) is 48.5 Å². The lowest BCUT2D eigenvalue weighted by molar-refractivity contribution is -0.133. The van der Waals surface area contributed by atoms with Gasteiger partial charge < -0.3 is 21.1 Å². The molecule has 0 radical (unpaired) electrons. The number of hydrogen-bond donors (Lipinski definition) is 6. The van der Waals surface area contributed by atoms with E-state index in [2.05, 4.69) is 22.5 Å². The van der Waals surface area contributed by atoms with Crippen LogP contribution in [-0.2, 0) is 9.59 Å². The molecule has 2 aromatic rings. The summed E-state index contributed by atoms with van der Waals surface area (Å²) in [7, 11) is 1.71. The van der Waals surface area contributed by atoms with Crippen molar-refractivity contribution in [3.8, 4) is 11.1 Å². The van der Waals surface area contributed by atoms with Gasteiger partial charge in [-0.2, -0.15) is 0 Å². The van der Waals surface area contributed by atoms with E-state index in [-0.39, 0.29) is 12.5 Å². The summed E-state index contributed by atoms with van der Waals surface area (Å²) in [6.07, 6.45) is -1.02. The molecular weight excluding hydrogens is 372 g/mol. The van der Waals surface area contributed by atoms with E-state index in [1.165, 1.54) is 12.4 Å². The highest BCUT2D eigenvalue weighted by Gasteiger charge is 2.23. The molecule has 2 aromatic carbocycles. The van der Waals surface area contributed by atoms with Gasteiger partial charge in [-0.3, -0.25) is 14.8 Å². The van der Waals surface area contributed by atoms with Crippen LogP contribution >= 0.6 is 0 Å². The third-order valence-corrected chi connectivity index (χ3v) is 4.28. The summed E-state index contributed by atoms with van der Waals surface area (Å²) in [5.41, 5.74) is 5.36. The first-order valence-electron chi connectivity index (χ1n) is 9.08. The van der Waals surface area contributed by atoms with Crippen LogP contribution in [0.5, 0.6) is 0 Å². The van der Waals surface area contributed by atoms with Crippen LogP contribution < -0.4 is 21.4 Å². The molecule has 2 rings (SSSR count). The molecule has 0 saturated heterocycles. The standard InChI is InChI=1S/C21H26N4O4/c1-13(23-20(14(2)26)21(28)25-29)15-4-6-16(7-5-15)17-8-10-18(11-9-17)24-19(27)12-22-3/h4-11,14,20,22-23,26,29H,1,12H2,2-3H3,(H,24,27)(H,25,28)/t14-,20+/m1/s1. The van der Waals surface area contributed by atoms with Crippen molar-refractivity contribution in [1.82, 2.24) is 16.1 Å². The quantitative estimate of drug-likeness (QED) is 0.280. The van der Waals surface area contributed by atoms with Gasteiger partial charge in [-0.1, -0.05) is 43.0 Å². The molecule has 0 heterocycles. The summed E-state index contributed by atoms with van der Waals surface area (Å²) in [6.45, 7) is 5.58. The zero-order valence-corrected chi connectivity index (χ0v) is 16.4. The Hall–Kier alpha value is -3.20. The first kappa shape index (κ1) is 22.1. The van der Waals surface area contributed by atoms with E-state index in [9.17, 15) is 14.7 Å². The number of aliphatic hydroxyl groups excluding tert-OH is 1. The Bertz CT molecular complexity index is 848. The predicted molar refractivity (Wildman–Crippen MR) is 112 cm³/mol. The van der Waals surface area contributed by atoms with Crippen LogP contribution in [0.1, 0.15) is 12.5 Å². The minimum absolute atomic E-state index is 0.110. The third kappa shape index (κ3) is 6.15. The number of amides is 2. The molecule has 0 spiro atoms. The number of hydrogen-bond acceptors (Lipinski definition) is 6. The van der Waals surface area contributed by atoms with E-state index in [0.29, 0.717) is 5.70 Å². The van der Waals surface area contributed by atoms with Crippen LogP contribution in [-0.4, -0.2) is 47.9 Å². The van der Waals surface area contributed by atoms with Crippen LogP contribution in [0.3, 0.4) is 0 Å². The minimum Gasteiger partial charge on any atom is -0.391 e. The van der Waals surface area contributed by atoms with Gasteiger partial charge in [0.15, 0.2) is 0 Å². The normalized spacial score (nSPS) is 12.6. The summed E-state index contributed by atoms with van der Waals surface area (Å²) >= 11 is 0. The number of hydroxylamine groups is 1. The summed E-state index contributed by atoms with van der Waals surface area (Å²) in [5.74, 6) is -0.860. The monoisotopic (exact) mass is 398 g/mol. The Morgan fingerprint density at radius 2 is 1.59 bits per heavy atom. The van der Waals surface area contributed by atoms with Gasteiger partial charge >= 0.3 is 0 Å². The average molecular weight is 398 g/mol. The average Bonchev–Trinajstić information content (AvgIpc) is 2.72. The SMILES string of the molecule is C=C(N[C@H](C(=O)NO)[C@@H](C)O)c1ccc(-c2ccc(NC(=O)CNC)cc2)cc1. The van der Waals surface area contributed by atoms with E-state index in [1.54, 1.807) is 7.05 Å². The van der Waals surface area contributed by atoms with Crippen molar-refractivity contribution in [2.24, 2.45) is 0 Å². The molecule has 154 valence electrons. The van der Waals surface area contributed by atoms with Gasteiger partial charge in [0.1, 0.15) is 6.04 Å². The topological polar surface area (TPSA) is 123 Å². The molecule has 0 bridgehead atoms. The van der Waals surface area contributed by atoms with E-state index >= 15 is 0 Å². The number of rotatable bonds is 9. The number of nitrogens with one attached hydrogen (secondary N) is 4. The van der Waals surface area contributed by atoms with Gasteiger partial charge in [-0.15, -0.1) is 0 Å². The molecule has 8 nitrogen and oxygen atoms in total. The predicted octanol–water partition coefficient (Wildman–Crippen LogP) is 1.33. The Morgan fingerprint density at radius 1 is 1.03 bits per heavy atom. The summed E-state index contributed by atoms with van der Waals surface area (Å²) in [4.78, 5) is 23.2. The summed E-state index contributed by atoms with van der Waals surface area (Å²) in [6, 6.07) is 13.9. The molecule has 0 unspecified atom stereocenters. The number of benzene rings is 2. The molecule has 8 heteroatoms. The second-order valence-corrected chi connectivity index (χ2v) is 6.55. The molecule has 6 N–H and O–H groups in total. The minimum atomic E-state index is -1.03. The van der Waals surface area contributed by atoms with Gasteiger partial charge in [0.05, 0.1) is 12.6 Å². The highest BCUT2D eigenvalue weighted by atomic mass is 16.5. The van der Waals surface area contributed by atoms with Crippen molar-refractivity contribution in [3.05, 3.63) is 60.7 Å². The molecule has 0 aliphatic heterocycles. The molecule has 2 atom stereocenters. The van der Waals surface area contributed by atoms with Crippen LogP contribution in [0, 0.1) is 0 Å². The Kier molecular flexibility index (Phi) is 7.90. The molecule has 0 saturated carbocycles. The van der Waals surface area contributed by atoms with Crippen molar-refractivity contribution in [2.45, 2.75) is 19.1 Å². The van der Waals surface area contributed by atoms with Crippen LogP contribution in [0.4, 0.5) is 5.69 Å². The van der Waals surface area contributed by atoms with E-state index in [0.717, 1.165) is 22.4 Å². The maximum absolute atomic E-state index is 11.6. The van der Waals surface area contributed by atoms with Gasteiger partial charge in [-0.05, 0) is 42.8 Å². The molecule has 2 amide bonds. The molecule has 29 heavy (non-hydrogen) atoms. The molecule has 0 aliphatic rings. The summed E-state index contributed by atoms with van der Waals surface area (Å²) < 4.78 is 0. The maximum atomic E-state index is 11.6. The van der Waals surface area contributed by atoms with Gasteiger partial charge in [-0.25, -0.2) is 5.48 Å². The van der Waals surface area contributed by atoms with Gasteiger partial charge in [0.25, 0.3) is 5.91 Å². The molecule has 0 fully saturated rings. The fraction of sp³-hybridized carbons (Fsp3) is 0.238. The number of aliphatic hydroxyl groups is 1. The third-order valence-electron chi connectivity index (χ3n) is 4.28. The number of anilines is 1. The van der Waals surface area contributed by atoms with Crippen molar-refractivity contribution < 1.29 is 19.9 Å². The first-order valence-corrected chi connectivity index (χ1v) is 9.08. The highest BCUT2D eigenvalue weighted by Crippen LogP contribution is 2.23. The van der Waals surface area contributed by atoms with Crippen molar-refractivity contribution in [1.29, 1.82) is 0 Å². The highest BCUT2D eigenvalue weighted by molar-refractivity contribution is 5.92. The van der Waals surface area contributed by atoms with Crippen molar-refractivity contribution in [3.63, 3.8) is 0 Å². The lowest BCUT2D eigenvalue weighted by Crippen LogP contribution is -2.48. The van der Waals surface area contributed by atoms with E-state index < -0.39 is 18.1 Å². The van der Waals surface area contributed by atoms with E-state index in [4.69, 9.17) is 5.21 Å². The lowest BCUT2D eigenvalue weighted by Gasteiger charge is -2.22. The van der Waals surface area contributed by atoms with Gasteiger partial charge in [0, 0.05) is 11.4 Å². The fourth-order valence-electron chi connectivity index (χ4n) is 2.72. The molecule has 0 aromatic heterocycles. The number of carbonyl (C=O) groups is 2. The number of carbonyl (C=O) groups excluding carboxylic acids is 2. The van der Waals surface area contributed by atoms with Crippen LogP contribution in [0.25, 0.3) is 16.8 Å². The zero-order chi connectivity index (χ0) is 21.4. The maximum Gasteiger partial charge on any atom is 0.268 e. The number of likely N-dealkylation sites (N-methyl/N-ethyl adjacent to an activating group) is 1. The lowest BCUT2D eigenvalue weighted by atomic mass is 10.0. The molecular formula is C21H26N4O4.